The van der Waals surface area contributed by atoms with E-state index in [0.29, 0.717) is 25.4 Å². The zero-order valence-corrected chi connectivity index (χ0v) is 15.0. The first kappa shape index (κ1) is 18.3. The number of amides is 1. The second kappa shape index (κ2) is 7.66. The lowest BCUT2D eigenvalue weighted by atomic mass is 10.0. The molecule has 1 heterocycles. The van der Waals surface area contributed by atoms with Crippen LogP contribution >= 0.6 is 0 Å². The number of hydrogen-bond donors (Lipinski definition) is 1. The quantitative estimate of drug-likeness (QED) is 0.836. The van der Waals surface area contributed by atoms with Gasteiger partial charge in [-0.1, -0.05) is 26.0 Å². The van der Waals surface area contributed by atoms with E-state index in [1.165, 1.54) is 0 Å². The molecule has 1 aromatic carbocycles. The first-order valence-electron chi connectivity index (χ1n) is 8.46. The fraction of sp³-hybridized carbons (Fsp3) is 0.556. The van der Waals surface area contributed by atoms with E-state index in [0.717, 1.165) is 17.5 Å². The summed E-state index contributed by atoms with van der Waals surface area (Å²) in [6, 6.07) is 7.73. The van der Waals surface area contributed by atoms with Crippen LogP contribution < -0.4 is 11.4 Å². The maximum absolute atomic E-state index is 12.3. The zero-order valence-electron chi connectivity index (χ0n) is 15.0. The van der Waals surface area contributed by atoms with Crippen LogP contribution in [0.2, 0.25) is 0 Å². The third-order valence-electron chi connectivity index (χ3n) is 4.68. The molecule has 6 nitrogen and oxygen atoms in total. The standard InChI is InChI=1S/C18H28N4O2/c1-13(2)14(19)9-11-20(3)17(23)10-12-22-16-8-6-5-7-15(16)21(4)18(22)24/h5-8,13-14H,9-12,19H2,1-4H3. The Morgan fingerprint density at radius 3 is 2.50 bits per heavy atom. The summed E-state index contributed by atoms with van der Waals surface area (Å²) in [7, 11) is 3.55. The molecule has 0 aliphatic rings. The molecular weight excluding hydrogens is 304 g/mol. The fourth-order valence-corrected chi connectivity index (χ4v) is 2.78. The Hall–Kier alpha value is -2.08. The molecule has 0 radical (unpaired) electrons. The monoisotopic (exact) mass is 332 g/mol. The van der Waals surface area contributed by atoms with Crippen molar-refractivity contribution in [2.45, 2.75) is 39.3 Å². The number of hydrogen-bond acceptors (Lipinski definition) is 3. The van der Waals surface area contributed by atoms with Crippen molar-refractivity contribution in [3.8, 4) is 0 Å². The minimum absolute atomic E-state index is 0.0331. The third-order valence-corrected chi connectivity index (χ3v) is 4.68. The smallest absolute Gasteiger partial charge is 0.328 e. The van der Waals surface area contributed by atoms with Gasteiger partial charge in [0.1, 0.15) is 0 Å². The number of imidazole rings is 1. The van der Waals surface area contributed by atoms with Crippen LogP contribution in [-0.2, 0) is 18.4 Å². The van der Waals surface area contributed by atoms with Gasteiger partial charge in [0.15, 0.2) is 0 Å². The Kier molecular flexibility index (Phi) is 5.83. The van der Waals surface area contributed by atoms with Crippen molar-refractivity contribution >= 4 is 16.9 Å². The zero-order chi connectivity index (χ0) is 17.9. The number of para-hydroxylation sites is 2. The van der Waals surface area contributed by atoms with Crippen LogP contribution in [-0.4, -0.2) is 39.6 Å². The van der Waals surface area contributed by atoms with Crippen molar-refractivity contribution < 1.29 is 4.79 Å². The van der Waals surface area contributed by atoms with Crippen LogP contribution in [0, 0.1) is 5.92 Å². The molecule has 1 unspecified atom stereocenters. The predicted octanol–water partition coefficient (Wildman–Crippen LogP) is 1.56. The van der Waals surface area contributed by atoms with Crippen LogP contribution in [0.3, 0.4) is 0 Å². The van der Waals surface area contributed by atoms with E-state index in [2.05, 4.69) is 13.8 Å². The highest BCUT2D eigenvalue weighted by Gasteiger charge is 2.15. The number of carbonyl (C=O) groups excluding carboxylic acids is 1. The van der Waals surface area contributed by atoms with Gasteiger partial charge in [0, 0.05) is 39.6 Å². The van der Waals surface area contributed by atoms with Gasteiger partial charge in [0.2, 0.25) is 5.91 Å². The van der Waals surface area contributed by atoms with Gasteiger partial charge in [0.25, 0.3) is 0 Å². The first-order chi connectivity index (χ1) is 11.3. The van der Waals surface area contributed by atoms with Gasteiger partial charge in [-0.2, -0.15) is 0 Å². The molecule has 0 bridgehead atoms. The SMILES string of the molecule is CC(C)C(N)CCN(C)C(=O)CCn1c(=O)n(C)c2ccccc21. The lowest BCUT2D eigenvalue weighted by Crippen LogP contribution is -2.35. The third kappa shape index (κ3) is 3.87. The molecule has 0 saturated carbocycles. The molecule has 0 fully saturated rings. The highest BCUT2D eigenvalue weighted by atomic mass is 16.2. The molecule has 2 aromatic rings. The topological polar surface area (TPSA) is 73.3 Å². The largest absolute Gasteiger partial charge is 0.346 e. The van der Waals surface area contributed by atoms with Crippen molar-refractivity contribution in [3.05, 3.63) is 34.7 Å². The lowest BCUT2D eigenvalue weighted by molar-refractivity contribution is -0.130. The van der Waals surface area contributed by atoms with Crippen molar-refractivity contribution in [2.24, 2.45) is 18.7 Å². The molecule has 0 saturated heterocycles. The first-order valence-corrected chi connectivity index (χ1v) is 8.46. The Bertz CT molecular complexity index is 760. The van der Waals surface area contributed by atoms with Crippen molar-refractivity contribution in [2.75, 3.05) is 13.6 Å². The van der Waals surface area contributed by atoms with E-state index in [9.17, 15) is 9.59 Å². The molecule has 132 valence electrons. The minimum Gasteiger partial charge on any atom is -0.346 e. The van der Waals surface area contributed by atoms with Crippen LogP contribution in [0.25, 0.3) is 11.0 Å². The van der Waals surface area contributed by atoms with Gasteiger partial charge in [-0.25, -0.2) is 4.79 Å². The molecule has 1 atom stereocenters. The Labute approximate surface area is 142 Å². The predicted molar refractivity (Wildman–Crippen MR) is 96.9 cm³/mol. The van der Waals surface area contributed by atoms with Crippen LogP contribution in [0.15, 0.2) is 29.1 Å². The maximum atomic E-state index is 12.3. The van der Waals surface area contributed by atoms with E-state index < -0.39 is 0 Å². The molecule has 24 heavy (non-hydrogen) atoms. The summed E-state index contributed by atoms with van der Waals surface area (Å²) in [4.78, 5) is 26.4. The van der Waals surface area contributed by atoms with Crippen molar-refractivity contribution in [1.29, 1.82) is 0 Å². The summed E-state index contributed by atoms with van der Waals surface area (Å²) >= 11 is 0. The molecule has 6 heteroatoms. The van der Waals surface area contributed by atoms with Gasteiger partial charge < -0.3 is 10.6 Å². The summed E-state index contributed by atoms with van der Waals surface area (Å²) in [6.07, 6.45) is 1.09. The normalized spacial score (nSPS) is 12.8. The Balaban J connectivity index is 2.00. The summed E-state index contributed by atoms with van der Waals surface area (Å²) in [5, 5.41) is 0. The molecule has 1 amide bonds. The van der Waals surface area contributed by atoms with Gasteiger partial charge in [-0.05, 0) is 24.5 Å². The number of aromatic nitrogens is 2. The maximum Gasteiger partial charge on any atom is 0.328 e. The highest BCUT2D eigenvalue weighted by Crippen LogP contribution is 2.12. The summed E-state index contributed by atoms with van der Waals surface area (Å²) in [5.41, 5.74) is 7.68. The molecule has 2 N–H and O–H groups in total. The molecule has 0 aliphatic heterocycles. The number of nitrogens with two attached hydrogens (primary N) is 1. The number of rotatable bonds is 7. The van der Waals surface area contributed by atoms with E-state index in [-0.39, 0.29) is 17.6 Å². The summed E-state index contributed by atoms with van der Waals surface area (Å²) in [6.45, 7) is 5.20. The van der Waals surface area contributed by atoms with Crippen LogP contribution in [0.1, 0.15) is 26.7 Å². The van der Waals surface area contributed by atoms with Crippen molar-refractivity contribution in [1.82, 2.24) is 14.0 Å². The number of aryl methyl sites for hydroxylation is 2. The second-order valence-corrected chi connectivity index (χ2v) is 6.74. The van der Waals surface area contributed by atoms with Crippen molar-refractivity contribution in [3.63, 3.8) is 0 Å². The highest BCUT2D eigenvalue weighted by molar-refractivity contribution is 5.77. The van der Waals surface area contributed by atoms with Gasteiger partial charge in [-0.3, -0.25) is 13.9 Å². The molecule has 0 aliphatic carbocycles. The minimum atomic E-state index is -0.0894. The Morgan fingerprint density at radius 2 is 1.88 bits per heavy atom. The van der Waals surface area contributed by atoms with Gasteiger partial charge >= 0.3 is 5.69 Å². The Morgan fingerprint density at radius 1 is 1.25 bits per heavy atom. The summed E-state index contributed by atoms with van der Waals surface area (Å²) < 4.78 is 3.28. The van der Waals surface area contributed by atoms with E-state index in [1.54, 1.807) is 28.1 Å². The number of fused-ring (bicyclic) bond motifs is 1. The molecule has 1 aromatic heterocycles. The average molecular weight is 332 g/mol. The number of nitrogens with zero attached hydrogens (tertiary/aromatic N) is 3. The van der Waals surface area contributed by atoms with Gasteiger partial charge in [-0.15, -0.1) is 0 Å². The fourth-order valence-electron chi connectivity index (χ4n) is 2.78. The van der Waals surface area contributed by atoms with E-state index >= 15 is 0 Å². The molecule has 0 spiro atoms. The van der Waals surface area contributed by atoms with E-state index in [1.807, 2.05) is 24.3 Å². The summed E-state index contributed by atoms with van der Waals surface area (Å²) in [5.74, 6) is 0.438. The number of carbonyl (C=O) groups is 1. The average Bonchev–Trinajstić information content (AvgIpc) is 2.81. The lowest BCUT2D eigenvalue weighted by Gasteiger charge is -2.21. The number of benzene rings is 1. The molecular formula is C18H28N4O2. The van der Waals surface area contributed by atoms with Crippen LogP contribution in [0.5, 0.6) is 0 Å². The van der Waals surface area contributed by atoms with Gasteiger partial charge in [0.05, 0.1) is 11.0 Å². The molecule has 2 rings (SSSR count). The van der Waals surface area contributed by atoms with Crippen LogP contribution in [0.4, 0.5) is 0 Å². The van der Waals surface area contributed by atoms with E-state index in [4.69, 9.17) is 5.73 Å². The second-order valence-electron chi connectivity index (χ2n) is 6.74.